The Morgan fingerprint density at radius 1 is 1.20 bits per heavy atom. The van der Waals surface area contributed by atoms with Gasteiger partial charge in [0.2, 0.25) is 0 Å². The van der Waals surface area contributed by atoms with Crippen molar-refractivity contribution >= 4 is 50.5 Å². The van der Waals surface area contributed by atoms with Crippen LogP contribution in [0.5, 0.6) is 0 Å². The highest BCUT2D eigenvalue weighted by molar-refractivity contribution is 9.10. The Bertz CT molecular complexity index is 949. The van der Waals surface area contributed by atoms with Crippen molar-refractivity contribution in [3.63, 3.8) is 0 Å². The average molecular weight is 417 g/mol. The van der Waals surface area contributed by atoms with Gasteiger partial charge in [0.05, 0.1) is 4.88 Å². The average Bonchev–Trinajstić information content (AvgIpc) is 3.34. The predicted molar refractivity (Wildman–Crippen MR) is 101 cm³/mol. The van der Waals surface area contributed by atoms with Crippen LogP contribution < -0.4 is 10.2 Å². The van der Waals surface area contributed by atoms with E-state index in [1.807, 2.05) is 35.7 Å². The fraction of sp³-hybridized carbons (Fsp3) is 0.111. The van der Waals surface area contributed by atoms with Gasteiger partial charge in [-0.05, 0) is 63.6 Å². The molecule has 0 spiro atoms. The van der Waals surface area contributed by atoms with Gasteiger partial charge in [-0.25, -0.2) is 0 Å². The molecular weight excluding hydrogens is 404 g/mol. The first-order valence-corrected chi connectivity index (χ1v) is 9.34. The van der Waals surface area contributed by atoms with Crippen LogP contribution in [0.3, 0.4) is 0 Å². The maximum absolute atomic E-state index is 12.7. The van der Waals surface area contributed by atoms with Crippen molar-refractivity contribution < 1.29 is 14.0 Å². The minimum Gasteiger partial charge on any atom is -0.444 e. The molecule has 0 bridgehead atoms. The molecule has 1 N–H and O–H groups in total. The molecule has 1 aromatic carbocycles. The lowest BCUT2D eigenvalue weighted by molar-refractivity contribution is 0.0987. The van der Waals surface area contributed by atoms with Crippen molar-refractivity contribution in [1.29, 1.82) is 0 Å². The van der Waals surface area contributed by atoms with E-state index in [1.165, 1.54) is 11.3 Å². The van der Waals surface area contributed by atoms with Gasteiger partial charge in [0, 0.05) is 17.9 Å². The van der Waals surface area contributed by atoms with Gasteiger partial charge in [-0.15, -0.1) is 11.3 Å². The van der Waals surface area contributed by atoms with Crippen LogP contribution in [0.2, 0.25) is 0 Å². The number of carbonyl (C=O) groups is 2. The summed E-state index contributed by atoms with van der Waals surface area (Å²) >= 11 is 4.61. The summed E-state index contributed by atoms with van der Waals surface area (Å²) < 4.78 is 5.76. The van der Waals surface area contributed by atoms with Gasteiger partial charge in [0.25, 0.3) is 11.8 Å². The molecule has 0 aliphatic carbocycles. The van der Waals surface area contributed by atoms with Gasteiger partial charge in [-0.2, -0.15) is 0 Å². The normalized spacial score (nSPS) is 12.9. The Labute approximate surface area is 156 Å². The summed E-state index contributed by atoms with van der Waals surface area (Å²) in [7, 11) is 0. The van der Waals surface area contributed by atoms with Gasteiger partial charge in [-0.1, -0.05) is 12.1 Å². The van der Waals surface area contributed by atoms with E-state index < -0.39 is 0 Å². The standard InChI is InChI=1S/C18H13BrN2O3S/c19-16-6-5-14(24-16)17(22)20-12-4-3-11-7-8-21(13(11)10-12)18(23)15-2-1-9-25-15/h1-6,9-10H,7-8H2,(H,20,22). The van der Waals surface area contributed by atoms with Crippen molar-refractivity contribution in [1.82, 2.24) is 0 Å². The SMILES string of the molecule is O=C(Nc1ccc2c(c1)N(C(=O)c1cccs1)CC2)c1ccc(Br)o1. The molecule has 0 unspecified atom stereocenters. The van der Waals surface area contributed by atoms with Crippen LogP contribution in [0.15, 0.2) is 56.9 Å². The zero-order valence-corrected chi connectivity index (χ0v) is 15.4. The lowest BCUT2D eigenvalue weighted by Crippen LogP contribution is -2.28. The van der Waals surface area contributed by atoms with Crippen LogP contribution in [0.1, 0.15) is 25.8 Å². The molecule has 0 fully saturated rings. The number of furan rings is 1. The Morgan fingerprint density at radius 2 is 2.08 bits per heavy atom. The van der Waals surface area contributed by atoms with Gasteiger partial charge >= 0.3 is 0 Å². The van der Waals surface area contributed by atoms with Crippen LogP contribution in [0, 0.1) is 0 Å². The highest BCUT2D eigenvalue weighted by Crippen LogP contribution is 2.32. The number of nitrogens with zero attached hydrogens (tertiary/aromatic N) is 1. The second-order valence-corrected chi connectivity index (χ2v) is 7.31. The summed E-state index contributed by atoms with van der Waals surface area (Å²) in [5.41, 5.74) is 2.57. The quantitative estimate of drug-likeness (QED) is 0.680. The predicted octanol–water partition coefficient (Wildman–Crippen LogP) is 4.56. The number of halogens is 1. The first kappa shape index (κ1) is 16.1. The van der Waals surface area contributed by atoms with Gasteiger partial charge in [0.1, 0.15) is 0 Å². The van der Waals surface area contributed by atoms with Gasteiger partial charge in [0.15, 0.2) is 10.4 Å². The van der Waals surface area contributed by atoms with E-state index in [-0.39, 0.29) is 17.6 Å². The monoisotopic (exact) mass is 416 g/mol. The van der Waals surface area contributed by atoms with Crippen LogP contribution in [0.25, 0.3) is 0 Å². The molecule has 5 nitrogen and oxygen atoms in total. The second-order valence-electron chi connectivity index (χ2n) is 5.59. The number of amides is 2. The molecule has 1 aliphatic heterocycles. The van der Waals surface area contributed by atoms with Crippen molar-refractivity contribution in [2.24, 2.45) is 0 Å². The number of benzene rings is 1. The number of hydrogen-bond donors (Lipinski definition) is 1. The van der Waals surface area contributed by atoms with Crippen LogP contribution in [-0.4, -0.2) is 18.4 Å². The Hall–Kier alpha value is -2.38. The van der Waals surface area contributed by atoms with E-state index in [9.17, 15) is 9.59 Å². The van der Waals surface area contributed by atoms with E-state index in [1.54, 1.807) is 17.0 Å². The Morgan fingerprint density at radius 3 is 2.80 bits per heavy atom. The number of anilines is 2. The molecule has 0 atom stereocenters. The molecule has 3 aromatic rings. The fourth-order valence-corrected chi connectivity index (χ4v) is 3.81. The molecular formula is C18H13BrN2O3S. The Balaban J connectivity index is 1.58. The highest BCUT2D eigenvalue weighted by Gasteiger charge is 2.26. The number of thiophene rings is 1. The lowest BCUT2D eigenvalue weighted by Gasteiger charge is -2.17. The third-order valence-corrected chi connectivity index (χ3v) is 5.30. The molecule has 3 heterocycles. The largest absolute Gasteiger partial charge is 0.444 e. The van der Waals surface area contributed by atoms with E-state index in [0.717, 1.165) is 17.7 Å². The first-order chi connectivity index (χ1) is 12.1. The molecule has 126 valence electrons. The highest BCUT2D eigenvalue weighted by atomic mass is 79.9. The summed E-state index contributed by atoms with van der Waals surface area (Å²) in [6.07, 6.45) is 0.811. The van der Waals surface area contributed by atoms with Crippen LogP contribution in [0.4, 0.5) is 11.4 Å². The number of rotatable bonds is 3. The van der Waals surface area contributed by atoms with Crippen molar-refractivity contribution in [2.75, 3.05) is 16.8 Å². The number of hydrogen-bond acceptors (Lipinski definition) is 4. The van der Waals surface area contributed by atoms with E-state index in [4.69, 9.17) is 4.42 Å². The summed E-state index contributed by atoms with van der Waals surface area (Å²) in [5.74, 6) is -0.120. The minimum atomic E-state index is -0.334. The van der Waals surface area contributed by atoms with Gasteiger partial charge in [-0.3, -0.25) is 9.59 Å². The maximum atomic E-state index is 12.7. The molecule has 2 aromatic heterocycles. The summed E-state index contributed by atoms with van der Waals surface area (Å²) in [6, 6.07) is 12.6. The summed E-state index contributed by atoms with van der Waals surface area (Å²) in [4.78, 5) is 27.4. The number of fused-ring (bicyclic) bond motifs is 1. The number of carbonyl (C=O) groups excluding carboxylic acids is 2. The van der Waals surface area contributed by atoms with Gasteiger partial charge < -0.3 is 14.6 Å². The Kier molecular flexibility index (Phi) is 4.19. The van der Waals surface area contributed by atoms with Crippen molar-refractivity contribution in [3.8, 4) is 0 Å². The van der Waals surface area contributed by atoms with Crippen LogP contribution >= 0.6 is 27.3 Å². The molecule has 0 radical (unpaired) electrons. The molecule has 25 heavy (non-hydrogen) atoms. The smallest absolute Gasteiger partial charge is 0.291 e. The topological polar surface area (TPSA) is 62.6 Å². The summed E-state index contributed by atoms with van der Waals surface area (Å²) in [6.45, 7) is 0.647. The first-order valence-electron chi connectivity index (χ1n) is 7.67. The van der Waals surface area contributed by atoms with E-state index in [2.05, 4.69) is 21.2 Å². The molecule has 0 saturated heterocycles. The molecule has 0 saturated carbocycles. The zero-order chi connectivity index (χ0) is 17.4. The molecule has 4 rings (SSSR count). The second kappa shape index (κ2) is 6.50. The molecule has 7 heteroatoms. The van der Waals surface area contributed by atoms with E-state index in [0.29, 0.717) is 21.8 Å². The van der Waals surface area contributed by atoms with Crippen LogP contribution in [-0.2, 0) is 6.42 Å². The third-order valence-electron chi connectivity index (χ3n) is 4.01. The lowest BCUT2D eigenvalue weighted by atomic mass is 10.1. The van der Waals surface area contributed by atoms with E-state index >= 15 is 0 Å². The number of nitrogens with one attached hydrogen (secondary N) is 1. The maximum Gasteiger partial charge on any atom is 0.291 e. The summed E-state index contributed by atoms with van der Waals surface area (Å²) in [5, 5.41) is 4.70. The third kappa shape index (κ3) is 3.12. The van der Waals surface area contributed by atoms with Crippen molar-refractivity contribution in [3.05, 3.63) is 68.7 Å². The zero-order valence-electron chi connectivity index (χ0n) is 13.0. The molecule has 2 amide bonds. The van der Waals surface area contributed by atoms with Crippen molar-refractivity contribution in [2.45, 2.75) is 6.42 Å². The fourth-order valence-electron chi connectivity index (χ4n) is 2.83. The molecule has 1 aliphatic rings. The minimum absolute atomic E-state index is 0.00723.